The van der Waals surface area contributed by atoms with Gasteiger partial charge in [-0.15, -0.1) is 0 Å². The Morgan fingerprint density at radius 2 is 1.89 bits per heavy atom. The molecule has 0 fully saturated rings. The number of nitrogens with zero attached hydrogens (tertiary/aromatic N) is 1. The van der Waals surface area contributed by atoms with Crippen molar-refractivity contribution >= 4 is 11.0 Å². The highest BCUT2D eigenvalue weighted by Crippen LogP contribution is 2.21. The average molecular weight is 256 g/mol. The third-order valence-electron chi connectivity index (χ3n) is 3.00. The fourth-order valence-electron chi connectivity index (χ4n) is 2.08. The summed E-state index contributed by atoms with van der Waals surface area (Å²) in [6.45, 7) is 0. The maximum absolute atomic E-state index is 12.0. The van der Waals surface area contributed by atoms with Crippen LogP contribution in [0.25, 0.3) is 16.7 Å². The van der Waals surface area contributed by atoms with Crippen LogP contribution in [-0.4, -0.2) is 21.8 Å². The number of fused-ring (bicyclic) bond motifs is 1. The number of aromatic hydroxyl groups is 1. The molecule has 0 amide bonds. The van der Waals surface area contributed by atoms with Crippen LogP contribution in [0.15, 0.2) is 47.3 Å². The van der Waals surface area contributed by atoms with E-state index in [0.717, 1.165) is 5.52 Å². The predicted molar refractivity (Wildman–Crippen MR) is 72.1 cm³/mol. The molecule has 19 heavy (non-hydrogen) atoms. The van der Waals surface area contributed by atoms with Crippen molar-refractivity contribution in [1.29, 1.82) is 0 Å². The van der Waals surface area contributed by atoms with Crippen LogP contribution >= 0.6 is 0 Å². The van der Waals surface area contributed by atoms with E-state index >= 15 is 0 Å². The standard InChI is InChI=1S/C14H12N2O3/c1-19-11-6-7-13-12(8-11)15-14(18)16(13)9-2-4-10(17)5-3-9/h2-8,17H,1H3,(H,15,18). The predicted octanol–water partition coefficient (Wildman–Crippen LogP) is 2.03. The maximum Gasteiger partial charge on any atom is 0.331 e. The lowest BCUT2D eigenvalue weighted by Gasteiger charge is -2.04. The summed E-state index contributed by atoms with van der Waals surface area (Å²) in [5, 5.41) is 9.29. The molecule has 5 nitrogen and oxygen atoms in total. The van der Waals surface area contributed by atoms with Crippen LogP contribution in [0.4, 0.5) is 0 Å². The number of hydrogen-bond donors (Lipinski definition) is 2. The summed E-state index contributed by atoms with van der Waals surface area (Å²) in [6.07, 6.45) is 0. The summed E-state index contributed by atoms with van der Waals surface area (Å²) in [5.74, 6) is 0.852. The Kier molecular flexibility index (Phi) is 2.52. The molecule has 0 aliphatic carbocycles. The lowest BCUT2D eigenvalue weighted by atomic mass is 10.2. The number of imidazole rings is 1. The molecule has 0 aliphatic rings. The van der Waals surface area contributed by atoms with Crippen LogP contribution in [0, 0.1) is 0 Å². The van der Waals surface area contributed by atoms with Crippen LogP contribution in [0.3, 0.4) is 0 Å². The molecular weight excluding hydrogens is 244 g/mol. The molecule has 0 atom stereocenters. The molecule has 0 bridgehead atoms. The molecule has 2 N–H and O–H groups in total. The number of hydrogen-bond acceptors (Lipinski definition) is 3. The van der Waals surface area contributed by atoms with Gasteiger partial charge in [-0.25, -0.2) is 4.79 Å². The maximum atomic E-state index is 12.0. The SMILES string of the molecule is COc1ccc2c(c1)[nH]c(=O)n2-c1ccc(O)cc1. The van der Waals surface area contributed by atoms with Crippen molar-refractivity contribution in [3.63, 3.8) is 0 Å². The summed E-state index contributed by atoms with van der Waals surface area (Å²) in [5.41, 5.74) is 1.93. The van der Waals surface area contributed by atoms with Crippen molar-refractivity contribution < 1.29 is 9.84 Å². The first-order valence-corrected chi connectivity index (χ1v) is 5.77. The van der Waals surface area contributed by atoms with Gasteiger partial charge < -0.3 is 14.8 Å². The molecule has 3 aromatic rings. The Hall–Kier alpha value is -2.69. The third-order valence-corrected chi connectivity index (χ3v) is 3.00. The van der Waals surface area contributed by atoms with Crippen molar-refractivity contribution in [2.24, 2.45) is 0 Å². The monoisotopic (exact) mass is 256 g/mol. The van der Waals surface area contributed by atoms with E-state index < -0.39 is 0 Å². The van der Waals surface area contributed by atoms with Crippen molar-refractivity contribution in [3.05, 3.63) is 52.9 Å². The summed E-state index contributed by atoms with van der Waals surface area (Å²) in [4.78, 5) is 14.8. The second-order valence-electron chi connectivity index (χ2n) is 4.17. The molecule has 3 rings (SSSR count). The van der Waals surface area contributed by atoms with Gasteiger partial charge in [-0.3, -0.25) is 4.57 Å². The van der Waals surface area contributed by atoms with Gasteiger partial charge in [-0.1, -0.05) is 0 Å². The Morgan fingerprint density at radius 1 is 1.16 bits per heavy atom. The molecule has 0 radical (unpaired) electrons. The summed E-state index contributed by atoms with van der Waals surface area (Å²) < 4.78 is 6.68. The first kappa shape index (κ1) is 11.4. The molecule has 1 aromatic heterocycles. The summed E-state index contributed by atoms with van der Waals surface area (Å²) >= 11 is 0. The van der Waals surface area contributed by atoms with Gasteiger partial charge in [0.05, 0.1) is 23.8 Å². The molecule has 0 saturated carbocycles. The van der Waals surface area contributed by atoms with E-state index in [1.807, 2.05) is 6.07 Å². The van der Waals surface area contributed by atoms with Crippen LogP contribution in [0.5, 0.6) is 11.5 Å². The number of ether oxygens (including phenoxy) is 1. The van der Waals surface area contributed by atoms with Gasteiger partial charge in [0.1, 0.15) is 11.5 Å². The number of aromatic nitrogens is 2. The van der Waals surface area contributed by atoms with Crippen LogP contribution in [0.1, 0.15) is 0 Å². The second-order valence-corrected chi connectivity index (χ2v) is 4.17. The molecule has 5 heteroatoms. The quantitative estimate of drug-likeness (QED) is 0.737. The number of H-pyrrole nitrogens is 1. The van der Waals surface area contributed by atoms with E-state index in [1.165, 1.54) is 0 Å². The van der Waals surface area contributed by atoms with Gasteiger partial charge in [0.25, 0.3) is 0 Å². The lowest BCUT2D eigenvalue weighted by molar-refractivity contribution is 0.415. The van der Waals surface area contributed by atoms with E-state index in [2.05, 4.69) is 4.98 Å². The van der Waals surface area contributed by atoms with E-state index in [0.29, 0.717) is 17.0 Å². The Labute approximate surface area is 108 Å². The first-order chi connectivity index (χ1) is 9.19. The molecule has 0 unspecified atom stereocenters. The highest BCUT2D eigenvalue weighted by molar-refractivity contribution is 5.78. The van der Waals surface area contributed by atoms with Crippen molar-refractivity contribution in [2.75, 3.05) is 7.11 Å². The zero-order valence-corrected chi connectivity index (χ0v) is 10.3. The molecule has 0 spiro atoms. The minimum Gasteiger partial charge on any atom is -0.508 e. The zero-order chi connectivity index (χ0) is 13.4. The van der Waals surface area contributed by atoms with Crippen molar-refractivity contribution in [3.8, 4) is 17.2 Å². The smallest absolute Gasteiger partial charge is 0.331 e. The van der Waals surface area contributed by atoms with Gasteiger partial charge in [-0.05, 0) is 36.4 Å². The number of methoxy groups -OCH3 is 1. The van der Waals surface area contributed by atoms with Crippen molar-refractivity contribution in [2.45, 2.75) is 0 Å². The number of phenols is 1. The highest BCUT2D eigenvalue weighted by Gasteiger charge is 2.09. The highest BCUT2D eigenvalue weighted by atomic mass is 16.5. The molecule has 2 aromatic carbocycles. The van der Waals surface area contributed by atoms with Gasteiger partial charge in [0, 0.05) is 6.07 Å². The number of phenolic OH excluding ortho intramolecular Hbond substituents is 1. The number of aromatic amines is 1. The summed E-state index contributed by atoms with van der Waals surface area (Å²) in [7, 11) is 1.58. The largest absolute Gasteiger partial charge is 0.508 e. The van der Waals surface area contributed by atoms with Gasteiger partial charge in [-0.2, -0.15) is 0 Å². The van der Waals surface area contributed by atoms with Crippen molar-refractivity contribution in [1.82, 2.24) is 9.55 Å². The van der Waals surface area contributed by atoms with E-state index in [4.69, 9.17) is 4.74 Å². The average Bonchev–Trinajstić information content (AvgIpc) is 2.74. The lowest BCUT2D eigenvalue weighted by Crippen LogP contribution is -2.14. The molecule has 0 saturated heterocycles. The fraction of sp³-hybridized carbons (Fsp3) is 0.0714. The fourth-order valence-corrected chi connectivity index (χ4v) is 2.08. The molecule has 0 aliphatic heterocycles. The number of benzene rings is 2. The van der Waals surface area contributed by atoms with Gasteiger partial charge in [0.2, 0.25) is 0 Å². The van der Waals surface area contributed by atoms with E-state index in [-0.39, 0.29) is 11.4 Å². The van der Waals surface area contributed by atoms with Gasteiger partial charge in [0.15, 0.2) is 0 Å². The van der Waals surface area contributed by atoms with Crippen LogP contribution < -0.4 is 10.4 Å². The Bertz CT molecular complexity index is 785. The third kappa shape index (κ3) is 1.85. The number of nitrogens with one attached hydrogen (secondary N) is 1. The molecule has 96 valence electrons. The minimum atomic E-state index is -0.228. The van der Waals surface area contributed by atoms with Gasteiger partial charge >= 0.3 is 5.69 Å². The van der Waals surface area contributed by atoms with E-state index in [1.54, 1.807) is 48.1 Å². The minimum absolute atomic E-state index is 0.165. The molecular formula is C14H12N2O3. The first-order valence-electron chi connectivity index (χ1n) is 5.77. The topological polar surface area (TPSA) is 67.2 Å². The zero-order valence-electron chi connectivity index (χ0n) is 10.3. The molecule has 1 heterocycles. The summed E-state index contributed by atoms with van der Waals surface area (Å²) in [6, 6.07) is 11.9. The normalized spacial score (nSPS) is 10.8. The van der Waals surface area contributed by atoms with Crippen LogP contribution in [0.2, 0.25) is 0 Å². The second kappa shape index (κ2) is 4.20. The van der Waals surface area contributed by atoms with E-state index in [9.17, 15) is 9.90 Å². The van der Waals surface area contributed by atoms with Crippen LogP contribution in [-0.2, 0) is 0 Å². The number of rotatable bonds is 2. The Morgan fingerprint density at radius 3 is 2.58 bits per heavy atom. The Balaban J connectivity index is 2.26.